The summed E-state index contributed by atoms with van der Waals surface area (Å²) in [5.74, 6) is -1.97. The number of sulfonamides is 1. The van der Waals surface area contributed by atoms with Crippen LogP contribution in [0.2, 0.25) is 0 Å². The molecule has 0 atom stereocenters. The molecule has 0 bridgehead atoms. The highest BCUT2D eigenvalue weighted by atomic mass is 32.2. The van der Waals surface area contributed by atoms with Gasteiger partial charge in [-0.1, -0.05) is 18.2 Å². The molecule has 0 radical (unpaired) electrons. The number of nitrogens with one attached hydrogen (secondary N) is 2. The number of anilines is 2. The number of carbonyl (C=O) groups excluding carboxylic acids is 3. The van der Waals surface area contributed by atoms with Crippen molar-refractivity contribution in [2.24, 2.45) is 5.73 Å². The second-order valence-electron chi connectivity index (χ2n) is 6.80. The van der Waals surface area contributed by atoms with Crippen LogP contribution in [0.15, 0.2) is 59.5 Å². The van der Waals surface area contributed by atoms with Crippen LogP contribution in [0.4, 0.5) is 10.7 Å². The number of benzene rings is 2. The molecule has 0 unspecified atom stereocenters. The maximum atomic E-state index is 12.7. The predicted molar refractivity (Wildman–Crippen MR) is 125 cm³/mol. The van der Waals surface area contributed by atoms with Gasteiger partial charge < -0.3 is 15.8 Å². The fraction of sp³-hybridized carbons (Fsp3) is 0.136. The van der Waals surface area contributed by atoms with Crippen molar-refractivity contribution >= 4 is 49.8 Å². The highest BCUT2D eigenvalue weighted by molar-refractivity contribution is 7.92. The molecule has 172 valence electrons. The minimum Gasteiger partial charge on any atom is -0.462 e. The third kappa shape index (κ3) is 5.38. The van der Waals surface area contributed by atoms with Gasteiger partial charge >= 0.3 is 5.97 Å². The minimum atomic E-state index is -3.77. The summed E-state index contributed by atoms with van der Waals surface area (Å²) in [5.41, 5.74) is 6.27. The Morgan fingerprint density at radius 2 is 1.67 bits per heavy atom. The van der Waals surface area contributed by atoms with E-state index in [2.05, 4.69) is 10.0 Å². The van der Waals surface area contributed by atoms with Gasteiger partial charge in [0.2, 0.25) is 0 Å². The van der Waals surface area contributed by atoms with Crippen LogP contribution in [0.5, 0.6) is 0 Å². The number of amides is 2. The number of carbonyl (C=O) groups is 3. The fourth-order valence-corrected chi connectivity index (χ4v) is 5.15. The van der Waals surface area contributed by atoms with Crippen molar-refractivity contribution < 1.29 is 27.5 Å². The Labute approximate surface area is 194 Å². The number of hydrogen-bond donors (Lipinski definition) is 3. The Morgan fingerprint density at radius 3 is 2.24 bits per heavy atom. The van der Waals surface area contributed by atoms with Crippen LogP contribution in [0.25, 0.3) is 0 Å². The zero-order valence-corrected chi connectivity index (χ0v) is 19.4. The van der Waals surface area contributed by atoms with Crippen LogP contribution < -0.4 is 15.8 Å². The van der Waals surface area contributed by atoms with E-state index in [4.69, 9.17) is 10.5 Å². The molecular formula is C22H21N3O6S2. The van der Waals surface area contributed by atoms with Gasteiger partial charge in [-0.05, 0) is 55.8 Å². The van der Waals surface area contributed by atoms with E-state index in [-0.39, 0.29) is 38.2 Å². The number of esters is 1. The van der Waals surface area contributed by atoms with Crippen LogP contribution >= 0.6 is 11.3 Å². The standard InChI is InChI=1S/C22H21N3O6S2/c1-3-31-22(28)18-13(2)17(19(23)26)21(32-18)24-20(27)14-9-11-15(12-10-14)25-33(29,30)16-7-5-4-6-8-16/h4-12,25H,3H2,1-2H3,(H2,23,26)(H,24,27). The monoisotopic (exact) mass is 487 g/mol. The first-order chi connectivity index (χ1) is 15.6. The third-order valence-corrected chi connectivity index (χ3v) is 7.12. The Hall–Kier alpha value is -3.70. The highest BCUT2D eigenvalue weighted by Crippen LogP contribution is 2.33. The molecule has 0 aliphatic rings. The number of thiophene rings is 1. The van der Waals surface area contributed by atoms with Gasteiger partial charge in [-0.2, -0.15) is 0 Å². The van der Waals surface area contributed by atoms with Crippen LogP contribution in [0.1, 0.15) is 42.9 Å². The third-order valence-electron chi connectivity index (χ3n) is 4.53. The zero-order chi connectivity index (χ0) is 24.2. The number of rotatable bonds is 8. The molecular weight excluding hydrogens is 466 g/mol. The maximum absolute atomic E-state index is 12.7. The van der Waals surface area contributed by atoms with E-state index in [1.54, 1.807) is 32.0 Å². The van der Waals surface area contributed by atoms with Crippen LogP contribution in [0, 0.1) is 6.92 Å². The van der Waals surface area contributed by atoms with E-state index in [0.29, 0.717) is 5.56 Å². The summed E-state index contributed by atoms with van der Waals surface area (Å²) < 4.78 is 32.3. The smallest absolute Gasteiger partial charge is 0.348 e. The normalized spacial score (nSPS) is 11.0. The Bertz CT molecular complexity index is 1300. The topological polar surface area (TPSA) is 145 Å². The first-order valence-electron chi connectivity index (χ1n) is 9.73. The second kappa shape index (κ2) is 9.84. The fourth-order valence-electron chi connectivity index (χ4n) is 2.97. The minimum absolute atomic E-state index is 0.0312. The summed E-state index contributed by atoms with van der Waals surface area (Å²) in [6.07, 6.45) is 0. The second-order valence-corrected chi connectivity index (χ2v) is 9.50. The quantitative estimate of drug-likeness (QED) is 0.415. The van der Waals surface area contributed by atoms with Gasteiger partial charge in [0.15, 0.2) is 0 Å². The lowest BCUT2D eigenvalue weighted by Crippen LogP contribution is -2.17. The molecule has 4 N–H and O–H groups in total. The highest BCUT2D eigenvalue weighted by Gasteiger charge is 2.25. The van der Waals surface area contributed by atoms with Crippen molar-refractivity contribution in [3.8, 4) is 0 Å². The molecule has 9 nitrogen and oxygen atoms in total. The SMILES string of the molecule is CCOC(=O)c1sc(NC(=O)c2ccc(NS(=O)(=O)c3ccccc3)cc2)c(C(N)=O)c1C. The van der Waals surface area contributed by atoms with E-state index in [1.165, 1.54) is 36.4 Å². The van der Waals surface area contributed by atoms with Gasteiger partial charge in [-0.25, -0.2) is 13.2 Å². The van der Waals surface area contributed by atoms with Crippen molar-refractivity contribution in [1.29, 1.82) is 0 Å². The van der Waals surface area contributed by atoms with Crippen molar-refractivity contribution in [3.05, 3.63) is 76.2 Å². The summed E-state index contributed by atoms with van der Waals surface area (Å²) in [6.45, 7) is 3.36. The van der Waals surface area contributed by atoms with E-state index in [1.807, 2.05) is 0 Å². The van der Waals surface area contributed by atoms with Crippen molar-refractivity contribution in [3.63, 3.8) is 0 Å². The summed E-state index contributed by atoms with van der Waals surface area (Å²) >= 11 is 0.895. The molecule has 0 saturated carbocycles. The van der Waals surface area contributed by atoms with Crippen LogP contribution in [-0.2, 0) is 14.8 Å². The van der Waals surface area contributed by atoms with Gasteiger partial charge in [0, 0.05) is 11.3 Å². The molecule has 3 rings (SSSR count). The molecule has 2 aromatic carbocycles. The van der Waals surface area contributed by atoms with Crippen molar-refractivity contribution in [2.45, 2.75) is 18.7 Å². The molecule has 0 aliphatic carbocycles. The number of ether oxygens (including phenoxy) is 1. The summed E-state index contributed by atoms with van der Waals surface area (Å²) in [6, 6.07) is 13.6. The summed E-state index contributed by atoms with van der Waals surface area (Å²) in [4.78, 5) is 37.0. The Kier molecular flexibility index (Phi) is 7.14. The lowest BCUT2D eigenvalue weighted by molar-refractivity contribution is 0.0531. The summed E-state index contributed by atoms with van der Waals surface area (Å²) in [5, 5.41) is 2.72. The molecule has 0 aliphatic heterocycles. The van der Waals surface area contributed by atoms with E-state index < -0.39 is 27.8 Å². The predicted octanol–water partition coefficient (Wildman–Crippen LogP) is 3.39. The number of primary amides is 1. The maximum Gasteiger partial charge on any atom is 0.348 e. The molecule has 1 aromatic heterocycles. The molecule has 33 heavy (non-hydrogen) atoms. The van der Waals surface area contributed by atoms with Gasteiger partial charge in [0.25, 0.3) is 21.8 Å². The number of hydrogen-bond acceptors (Lipinski definition) is 7. The summed E-state index contributed by atoms with van der Waals surface area (Å²) in [7, 11) is -3.77. The Morgan fingerprint density at radius 1 is 1.03 bits per heavy atom. The first-order valence-corrected chi connectivity index (χ1v) is 12.0. The molecule has 0 fully saturated rings. The first kappa shape index (κ1) is 24.0. The van der Waals surface area contributed by atoms with E-state index in [9.17, 15) is 22.8 Å². The van der Waals surface area contributed by atoms with Gasteiger partial charge in [-0.15, -0.1) is 11.3 Å². The molecule has 11 heteroatoms. The van der Waals surface area contributed by atoms with Gasteiger partial charge in [-0.3, -0.25) is 14.3 Å². The van der Waals surface area contributed by atoms with Crippen molar-refractivity contribution in [2.75, 3.05) is 16.6 Å². The molecule has 0 spiro atoms. The largest absolute Gasteiger partial charge is 0.462 e. The van der Waals surface area contributed by atoms with Gasteiger partial charge in [0.1, 0.15) is 9.88 Å². The molecule has 1 heterocycles. The molecule has 3 aromatic rings. The van der Waals surface area contributed by atoms with Crippen LogP contribution in [-0.4, -0.2) is 32.8 Å². The molecule has 0 saturated heterocycles. The number of nitrogens with two attached hydrogens (primary N) is 1. The Balaban J connectivity index is 1.79. The lowest BCUT2D eigenvalue weighted by Gasteiger charge is -2.09. The van der Waals surface area contributed by atoms with Crippen molar-refractivity contribution in [1.82, 2.24) is 0 Å². The van der Waals surface area contributed by atoms with E-state index in [0.717, 1.165) is 11.3 Å². The molecule has 2 amide bonds. The zero-order valence-electron chi connectivity index (χ0n) is 17.7. The van der Waals surface area contributed by atoms with E-state index >= 15 is 0 Å². The van der Waals surface area contributed by atoms with Crippen LogP contribution in [0.3, 0.4) is 0 Å². The average Bonchev–Trinajstić information content (AvgIpc) is 3.10. The van der Waals surface area contributed by atoms with Gasteiger partial charge in [0.05, 0.1) is 17.1 Å². The lowest BCUT2D eigenvalue weighted by atomic mass is 10.1. The average molecular weight is 488 g/mol.